The molecule has 4 heteroatoms. The average Bonchev–Trinajstić information content (AvgIpc) is 2.40. The lowest BCUT2D eigenvalue weighted by molar-refractivity contribution is 0.968. The van der Waals surface area contributed by atoms with Crippen molar-refractivity contribution in [3.8, 4) is 11.4 Å². The lowest BCUT2D eigenvalue weighted by Gasteiger charge is -2.13. The van der Waals surface area contributed by atoms with Gasteiger partial charge in [0.15, 0.2) is 5.82 Å². The predicted octanol–water partition coefficient (Wildman–Crippen LogP) is 3.46. The molecule has 2 rings (SSSR count). The van der Waals surface area contributed by atoms with E-state index in [4.69, 9.17) is 4.98 Å². The highest BCUT2D eigenvalue weighted by Crippen LogP contribution is 2.23. The molecule has 106 valence electrons. The van der Waals surface area contributed by atoms with Crippen LogP contribution in [-0.4, -0.2) is 21.5 Å². The van der Waals surface area contributed by atoms with Crippen LogP contribution in [0.1, 0.15) is 36.5 Å². The molecule has 0 aliphatic carbocycles. The molecule has 4 nitrogen and oxygen atoms in total. The molecule has 0 aliphatic rings. The quantitative estimate of drug-likeness (QED) is 0.924. The van der Waals surface area contributed by atoms with Crippen LogP contribution >= 0.6 is 0 Å². The highest BCUT2D eigenvalue weighted by Gasteiger charge is 2.11. The molecule has 0 saturated heterocycles. The molecule has 20 heavy (non-hydrogen) atoms. The highest BCUT2D eigenvalue weighted by molar-refractivity contribution is 5.60. The summed E-state index contributed by atoms with van der Waals surface area (Å²) in [6.45, 7) is 11.1. The Morgan fingerprint density at radius 1 is 0.950 bits per heavy atom. The number of aryl methyl sites for hydroxylation is 3. The van der Waals surface area contributed by atoms with Crippen LogP contribution < -0.4 is 5.32 Å². The average molecular weight is 270 g/mol. The number of aromatic nitrogens is 3. The molecule has 0 radical (unpaired) electrons. The van der Waals surface area contributed by atoms with Crippen LogP contribution in [0.2, 0.25) is 0 Å². The summed E-state index contributed by atoms with van der Waals surface area (Å²) < 4.78 is 0. The Morgan fingerprint density at radius 3 is 2.15 bits per heavy atom. The summed E-state index contributed by atoms with van der Waals surface area (Å²) in [6.07, 6.45) is 0.906. The number of nitrogens with one attached hydrogen (secondary N) is 1. The van der Waals surface area contributed by atoms with Gasteiger partial charge in [0, 0.05) is 34.8 Å². The second-order valence-electron chi connectivity index (χ2n) is 4.99. The van der Waals surface area contributed by atoms with Gasteiger partial charge in [0.1, 0.15) is 5.82 Å². The number of hydrogen-bond acceptors (Lipinski definition) is 4. The van der Waals surface area contributed by atoms with E-state index in [9.17, 15) is 0 Å². The summed E-state index contributed by atoms with van der Waals surface area (Å²) in [6, 6.07) is 4.07. The number of pyridine rings is 1. The molecule has 0 atom stereocenters. The maximum Gasteiger partial charge on any atom is 0.161 e. The first-order valence-corrected chi connectivity index (χ1v) is 7.12. The van der Waals surface area contributed by atoms with E-state index in [1.54, 1.807) is 0 Å². The van der Waals surface area contributed by atoms with Gasteiger partial charge >= 0.3 is 0 Å². The third-order valence-electron chi connectivity index (χ3n) is 3.27. The number of anilines is 1. The molecule has 0 unspecified atom stereocenters. The van der Waals surface area contributed by atoms with Crippen molar-refractivity contribution < 1.29 is 0 Å². The molecule has 0 fully saturated rings. The summed E-state index contributed by atoms with van der Waals surface area (Å²) in [7, 11) is 0. The zero-order valence-corrected chi connectivity index (χ0v) is 12.9. The topological polar surface area (TPSA) is 50.7 Å². The molecule has 0 aliphatic heterocycles. The normalized spacial score (nSPS) is 10.7. The van der Waals surface area contributed by atoms with Crippen molar-refractivity contribution in [2.75, 3.05) is 11.9 Å². The Kier molecular flexibility index (Phi) is 4.32. The summed E-state index contributed by atoms with van der Waals surface area (Å²) in [4.78, 5) is 13.8. The third kappa shape index (κ3) is 2.95. The number of rotatable bonds is 4. The van der Waals surface area contributed by atoms with Crippen LogP contribution in [0.5, 0.6) is 0 Å². The summed E-state index contributed by atoms with van der Waals surface area (Å²) >= 11 is 0. The summed E-state index contributed by atoms with van der Waals surface area (Å²) in [5, 5.41) is 3.32. The minimum Gasteiger partial charge on any atom is -0.370 e. The van der Waals surface area contributed by atoms with Crippen molar-refractivity contribution in [3.63, 3.8) is 0 Å². The maximum atomic E-state index is 4.71. The van der Waals surface area contributed by atoms with Gasteiger partial charge in [0.2, 0.25) is 0 Å². The first-order valence-electron chi connectivity index (χ1n) is 7.12. The Balaban J connectivity index is 2.58. The lowest BCUT2D eigenvalue weighted by Crippen LogP contribution is -2.07. The molecule has 0 amide bonds. The molecule has 2 aromatic heterocycles. The lowest BCUT2D eigenvalue weighted by atomic mass is 10.1. The van der Waals surface area contributed by atoms with Gasteiger partial charge in [-0.2, -0.15) is 0 Å². The summed E-state index contributed by atoms with van der Waals surface area (Å²) in [5.74, 6) is 1.71. The fourth-order valence-electron chi connectivity index (χ4n) is 2.34. The number of hydrogen-bond donors (Lipinski definition) is 1. The van der Waals surface area contributed by atoms with Crippen LogP contribution in [0.4, 0.5) is 5.82 Å². The van der Waals surface area contributed by atoms with Gasteiger partial charge in [-0.3, -0.25) is 4.98 Å². The zero-order chi connectivity index (χ0) is 14.7. The van der Waals surface area contributed by atoms with Crippen molar-refractivity contribution in [3.05, 3.63) is 34.8 Å². The number of nitrogens with zero attached hydrogens (tertiary/aromatic N) is 3. The van der Waals surface area contributed by atoms with Crippen molar-refractivity contribution in [1.82, 2.24) is 15.0 Å². The van der Waals surface area contributed by atoms with Crippen molar-refractivity contribution >= 4 is 5.82 Å². The van der Waals surface area contributed by atoms with Crippen LogP contribution in [0, 0.1) is 20.8 Å². The molecule has 2 aromatic rings. The second-order valence-corrected chi connectivity index (χ2v) is 4.99. The Morgan fingerprint density at radius 2 is 1.60 bits per heavy atom. The van der Waals surface area contributed by atoms with Crippen molar-refractivity contribution in [2.24, 2.45) is 0 Å². The molecule has 0 aromatic carbocycles. The molecular formula is C16H22N4. The van der Waals surface area contributed by atoms with E-state index < -0.39 is 0 Å². The van der Waals surface area contributed by atoms with Crippen molar-refractivity contribution in [1.29, 1.82) is 0 Å². The standard InChI is InChI=1S/C16H22N4/c1-6-14-12(5)15(17-7-2)20-16(19-14)13-8-10(3)18-11(4)9-13/h8-9H,6-7H2,1-5H3,(H,17,19,20). The Bertz CT molecular complexity index is 600. The van der Waals surface area contributed by atoms with Crippen molar-refractivity contribution in [2.45, 2.75) is 41.0 Å². The Hall–Kier alpha value is -1.97. The maximum absolute atomic E-state index is 4.71. The van der Waals surface area contributed by atoms with E-state index in [2.05, 4.69) is 36.1 Å². The van der Waals surface area contributed by atoms with Gasteiger partial charge in [0.05, 0.1) is 0 Å². The van der Waals surface area contributed by atoms with Gasteiger partial charge in [-0.1, -0.05) is 6.92 Å². The molecular weight excluding hydrogens is 248 g/mol. The minimum atomic E-state index is 0.775. The fourth-order valence-corrected chi connectivity index (χ4v) is 2.34. The fraction of sp³-hybridized carbons (Fsp3) is 0.438. The van der Waals surface area contributed by atoms with E-state index in [0.717, 1.165) is 52.8 Å². The van der Waals surface area contributed by atoms with Crippen LogP contribution in [0.15, 0.2) is 12.1 Å². The zero-order valence-electron chi connectivity index (χ0n) is 12.9. The first kappa shape index (κ1) is 14.4. The van der Waals surface area contributed by atoms with E-state index in [1.807, 2.05) is 26.0 Å². The molecule has 0 spiro atoms. The summed E-state index contributed by atoms with van der Waals surface area (Å²) in [5.41, 5.74) is 5.25. The van der Waals surface area contributed by atoms with E-state index >= 15 is 0 Å². The van der Waals surface area contributed by atoms with Crippen LogP contribution in [-0.2, 0) is 6.42 Å². The predicted molar refractivity (Wildman–Crippen MR) is 83.0 cm³/mol. The largest absolute Gasteiger partial charge is 0.370 e. The SMILES string of the molecule is CCNc1nc(-c2cc(C)nc(C)c2)nc(CC)c1C. The van der Waals surface area contributed by atoms with Gasteiger partial charge < -0.3 is 5.32 Å². The molecule has 1 N–H and O–H groups in total. The van der Waals surface area contributed by atoms with Gasteiger partial charge in [-0.05, 0) is 46.2 Å². The monoisotopic (exact) mass is 270 g/mol. The van der Waals surface area contributed by atoms with E-state index in [-0.39, 0.29) is 0 Å². The third-order valence-corrected chi connectivity index (χ3v) is 3.27. The smallest absolute Gasteiger partial charge is 0.161 e. The van der Waals surface area contributed by atoms with Gasteiger partial charge in [-0.25, -0.2) is 9.97 Å². The molecule has 2 heterocycles. The second kappa shape index (κ2) is 5.99. The molecule has 0 saturated carbocycles. The molecule has 0 bridgehead atoms. The van der Waals surface area contributed by atoms with Crippen LogP contribution in [0.25, 0.3) is 11.4 Å². The first-order chi connectivity index (χ1) is 9.55. The van der Waals surface area contributed by atoms with E-state index in [1.165, 1.54) is 0 Å². The Labute approximate surface area is 120 Å². The van der Waals surface area contributed by atoms with Crippen LogP contribution in [0.3, 0.4) is 0 Å². The minimum absolute atomic E-state index is 0.775. The highest BCUT2D eigenvalue weighted by atomic mass is 15.0. The van der Waals surface area contributed by atoms with E-state index in [0.29, 0.717) is 0 Å². The van der Waals surface area contributed by atoms with Gasteiger partial charge in [0.25, 0.3) is 0 Å². The van der Waals surface area contributed by atoms with Gasteiger partial charge in [-0.15, -0.1) is 0 Å².